The molecule has 0 atom stereocenters. The molecule has 4 aromatic rings. The normalized spacial score (nSPS) is 12.3. The molecular weight excluding hydrogens is 428 g/mol. The number of nitrogens with zero attached hydrogens (tertiary/aromatic N) is 1. The number of aliphatic hydroxyl groups excluding tert-OH is 2. The zero-order valence-corrected chi connectivity index (χ0v) is 19.7. The predicted molar refractivity (Wildman–Crippen MR) is 133 cm³/mol. The SMILES string of the molecule is CNc1c2cc(CO)c(CO)cc2cc2[n+]1CCc1c-2cc(-c2ccccc2)c(OC)c1OC. The summed E-state index contributed by atoms with van der Waals surface area (Å²) >= 11 is 0. The molecule has 6 nitrogen and oxygen atoms in total. The van der Waals surface area contributed by atoms with Gasteiger partial charge in [0.05, 0.1) is 46.4 Å². The zero-order valence-electron chi connectivity index (χ0n) is 19.7. The van der Waals surface area contributed by atoms with E-state index in [0.29, 0.717) is 0 Å². The first-order chi connectivity index (χ1) is 16.6. The highest BCUT2D eigenvalue weighted by Crippen LogP contribution is 2.47. The minimum absolute atomic E-state index is 0.114. The average molecular weight is 458 g/mol. The van der Waals surface area contributed by atoms with E-state index in [4.69, 9.17) is 9.47 Å². The highest BCUT2D eigenvalue weighted by molar-refractivity contribution is 5.95. The van der Waals surface area contributed by atoms with Crippen molar-refractivity contribution in [1.82, 2.24) is 0 Å². The maximum Gasteiger partial charge on any atom is 0.282 e. The number of methoxy groups -OCH3 is 2. The Hall–Kier alpha value is -3.61. The van der Waals surface area contributed by atoms with E-state index in [9.17, 15) is 10.2 Å². The Kier molecular flexibility index (Phi) is 5.86. The van der Waals surface area contributed by atoms with Crippen molar-refractivity contribution in [2.45, 2.75) is 26.2 Å². The number of anilines is 1. The lowest BCUT2D eigenvalue weighted by molar-refractivity contribution is -0.672. The molecule has 0 radical (unpaired) electrons. The van der Waals surface area contributed by atoms with Gasteiger partial charge in [-0.1, -0.05) is 30.3 Å². The van der Waals surface area contributed by atoms with Crippen LogP contribution < -0.4 is 19.4 Å². The van der Waals surface area contributed by atoms with Crippen molar-refractivity contribution in [3.05, 3.63) is 71.3 Å². The zero-order chi connectivity index (χ0) is 23.8. The van der Waals surface area contributed by atoms with E-state index in [1.54, 1.807) is 14.2 Å². The Bertz CT molecular complexity index is 1380. The van der Waals surface area contributed by atoms with Crippen LogP contribution in [0.4, 0.5) is 5.82 Å². The third kappa shape index (κ3) is 3.38. The summed E-state index contributed by atoms with van der Waals surface area (Å²) in [5.41, 5.74) is 6.79. The Labute approximate surface area is 199 Å². The van der Waals surface area contributed by atoms with Crippen LogP contribution in [0.5, 0.6) is 11.5 Å². The summed E-state index contributed by atoms with van der Waals surface area (Å²) in [6.07, 6.45) is 0.795. The first-order valence-corrected chi connectivity index (χ1v) is 11.4. The highest BCUT2D eigenvalue weighted by atomic mass is 16.5. The van der Waals surface area contributed by atoms with Crippen LogP contribution >= 0.6 is 0 Å². The molecule has 0 aliphatic carbocycles. The maximum absolute atomic E-state index is 9.86. The molecule has 0 fully saturated rings. The Morgan fingerprint density at radius 2 is 1.59 bits per heavy atom. The lowest BCUT2D eigenvalue weighted by atomic mass is 9.89. The summed E-state index contributed by atoms with van der Waals surface area (Å²) in [6, 6.07) is 18.5. The second-order valence-electron chi connectivity index (χ2n) is 8.44. The third-order valence-corrected chi connectivity index (χ3v) is 6.75. The predicted octanol–water partition coefficient (Wildman–Crippen LogP) is 4.06. The number of aliphatic hydroxyl groups is 2. The Morgan fingerprint density at radius 1 is 0.882 bits per heavy atom. The van der Waals surface area contributed by atoms with E-state index in [-0.39, 0.29) is 13.2 Å². The van der Waals surface area contributed by atoms with Crippen LogP contribution in [0, 0.1) is 0 Å². The molecule has 0 amide bonds. The first kappa shape index (κ1) is 22.2. The number of pyridine rings is 1. The van der Waals surface area contributed by atoms with Crippen LogP contribution in [-0.2, 0) is 26.2 Å². The van der Waals surface area contributed by atoms with E-state index in [1.165, 1.54) is 0 Å². The van der Waals surface area contributed by atoms with Gasteiger partial charge in [-0.25, -0.2) is 4.57 Å². The van der Waals surface area contributed by atoms with Crippen molar-refractivity contribution < 1.29 is 24.3 Å². The molecular formula is C28H29N2O4+. The number of hydrogen-bond donors (Lipinski definition) is 3. The van der Waals surface area contributed by atoms with Crippen LogP contribution in [0.25, 0.3) is 33.2 Å². The van der Waals surface area contributed by atoms with Crippen LogP contribution in [0.3, 0.4) is 0 Å². The van der Waals surface area contributed by atoms with E-state index >= 15 is 0 Å². The fourth-order valence-corrected chi connectivity index (χ4v) is 5.17. The monoisotopic (exact) mass is 457 g/mol. The molecule has 1 aromatic heterocycles. The molecule has 0 spiro atoms. The standard InChI is InChI=1S/C28H28N2O4/c1-29-28-23-12-20(16-32)19(15-31)11-18(23)13-25-24-14-22(17-7-5-4-6-8-17)27(34-3)26(33-2)21(24)9-10-30(25)28/h4-8,11-14,31-32H,9-10,15-16H2,1-3H3/p+1. The van der Waals surface area contributed by atoms with E-state index in [0.717, 1.165) is 80.1 Å². The molecule has 3 aromatic carbocycles. The average Bonchev–Trinajstić information content (AvgIpc) is 2.89. The Balaban J connectivity index is 1.85. The van der Waals surface area contributed by atoms with Gasteiger partial charge in [-0.05, 0) is 46.3 Å². The van der Waals surface area contributed by atoms with Crippen molar-refractivity contribution in [2.24, 2.45) is 0 Å². The molecule has 6 heteroatoms. The summed E-state index contributed by atoms with van der Waals surface area (Å²) < 4.78 is 14.0. The summed E-state index contributed by atoms with van der Waals surface area (Å²) in [6.45, 7) is 0.538. The van der Waals surface area contributed by atoms with Gasteiger partial charge in [-0.3, -0.25) is 5.32 Å². The summed E-state index contributed by atoms with van der Waals surface area (Å²) in [4.78, 5) is 0. The molecule has 174 valence electrons. The highest BCUT2D eigenvalue weighted by Gasteiger charge is 2.31. The van der Waals surface area contributed by atoms with Gasteiger partial charge in [0, 0.05) is 23.1 Å². The number of nitrogens with one attached hydrogen (secondary N) is 1. The lowest BCUT2D eigenvalue weighted by Crippen LogP contribution is -2.43. The fourth-order valence-electron chi connectivity index (χ4n) is 5.17. The number of aromatic nitrogens is 1. The molecule has 0 bridgehead atoms. The molecule has 0 unspecified atom stereocenters. The topological polar surface area (TPSA) is 74.8 Å². The van der Waals surface area contributed by atoms with Gasteiger partial charge in [-0.15, -0.1) is 0 Å². The van der Waals surface area contributed by atoms with Gasteiger partial charge >= 0.3 is 0 Å². The minimum atomic E-state index is -0.120. The van der Waals surface area contributed by atoms with E-state index < -0.39 is 0 Å². The number of hydrogen-bond acceptors (Lipinski definition) is 5. The number of benzene rings is 3. The van der Waals surface area contributed by atoms with Crippen LogP contribution in [-0.4, -0.2) is 31.5 Å². The van der Waals surface area contributed by atoms with Crippen molar-refractivity contribution in [2.75, 3.05) is 26.6 Å². The van der Waals surface area contributed by atoms with E-state index in [2.05, 4.69) is 34.1 Å². The van der Waals surface area contributed by atoms with Crippen LogP contribution in [0.15, 0.2) is 54.6 Å². The molecule has 2 heterocycles. The Morgan fingerprint density at radius 3 is 2.24 bits per heavy atom. The molecule has 5 rings (SSSR count). The van der Waals surface area contributed by atoms with Crippen molar-refractivity contribution in [1.29, 1.82) is 0 Å². The van der Waals surface area contributed by atoms with Gasteiger partial charge in [0.25, 0.3) is 5.82 Å². The third-order valence-electron chi connectivity index (χ3n) is 6.75. The summed E-state index contributed by atoms with van der Waals surface area (Å²) in [5.74, 6) is 2.49. The number of rotatable bonds is 6. The quantitative estimate of drug-likeness (QED) is 0.381. The van der Waals surface area contributed by atoms with Gasteiger partial charge < -0.3 is 19.7 Å². The number of fused-ring (bicyclic) bond motifs is 4. The molecule has 1 aliphatic rings. The smallest absolute Gasteiger partial charge is 0.282 e. The maximum atomic E-state index is 9.86. The fraction of sp³-hybridized carbons (Fsp3) is 0.250. The van der Waals surface area contributed by atoms with Crippen molar-refractivity contribution in [3.63, 3.8) is 0 Å². The molecule has 3 N–H and O–H groups in total. The largest absolute Gasteiger partial charge is 0.493 e. The van der Waals surface area contributed by atoms with Gasteiger partial charge in [0.1, 0.15) is 5.69 Å². The van der Waals surface area contributed by atoms with Gasteiger partial charge in [0.2, 0.25) is 0 Å². The van der Waals surface area contributed by atoms with Crippen LogP contribution in [0.1, 0.15) is 16.7 Å². The first-order valence-electron chi connectivity index (χ1n) is 11.4. The molecule has 0 saturated heterocycles. The second-order valence-corrected chi connectivity index (χ2v) is 8.44. The molecule has 0 saturated carbocycles. The molecule has 1 aliphatic heterocycles. The van der Waals surface area contributed by atoms with Crippen LogP contribution in [0.2, 0.25) is 0 Å². The van der Waals surface area contributed by atoms with E-state index in [1.807, 2.05) is 37.4 Å². The minimum Gasteiger partial charge on any atom is -0.493 e. The van der Waals surface area contributed by atoms with Gasteiger partial charge in [0.15, 0.2) is 11.5 Å². The van der Waals surface area contributed by atoms with Crippen molar-refractivity contribution in [3.8, 4) is 33.9 Å². The summed E-state index contributed by atoms with van der Waals surface area (Å²) in [7, 11) is 5.29. The second kappa shape index (κ2) is 8.97. The lowest BCUT2D eigenvalue weighted by Gasteiger charge is -2.25. The van der Waals surface area contributed by atoms with Gasteiger partial charge in [-0.2, -0.15) is 0 Å². The number of ether oxygens (including phenoxy) is 2. The summed E-state index contributed by atoms with van der Waals surface area (Å²) in [5, 5.41) is 25.1. The molecule has 34 heavy (non-hydrogen) atoms. The van der Waals surface area contributed by atoms with Crippen molar-refractivity contribution >= 4 is 16.6 Å².